The number of nitrogen functional groups attached to an aromatic ring is 1. The first-order valence-electron chi connectivity index (χ1n) is 7.12. The van der Waals surface area contributed by atoms with Gasteiger partial charge in [0.2, 0.25) is 0 Å². The molecule has 1 saturated heterocycles. The first-order chi connectivity index (χ1) is 8.77. The summed E-state index contributed by atoms with van der Waals surface area (Å²) >= 11 is 0. The SMILES string of the molecule is Nc1nnn(C2CCOC3(CCC3)C2)c1C1CC1. The van der Waals surface area contributed by atoms with E-state index in [1.807, 2.05) is 0 Å². The van der Waals surface area contributed by atoms with Crippen LogP contribution >= 0.6 is 0 Å². The van der Waals surface area contributed by atoms with Crippen molar-refractivity contribution < 1.29 is 4.74 Å². The molecule has 18 heavy (non-hydrogen) atoms. The minimum atomic E-state index is 0.157. The van der Waals surface area contributed by atoms with Crippen molar-refractivity contribution in [2.75, 3.05) is 12.3 Å². The minimum Gasteiger partial charge on any atom is -0.381 e. The van der Waals surface area contributed by atoms with E-state index in [2.05, 4.69) is 15.0 Å². The number of rotatable bonds is 2. The van der Waals surface area contributed by atoms with Crippen LogP contribution in [0, 0.1) is 0 Å². The Labute approximate surface area is 107 Å². The molecule has 1 spiro atoms. The van der Waals surface area contributed by atoms with Crippen molar-refractivity contribution in [2.45, 2.75) is 62.5 Å². The van der Waals surface area contributed by atoms with Crippen LogP contribution in [0.15, 0.2) is 0 Å². The first-order valence-corrected chi connectivity index (χ1v) is 7.12. The number of aromatic nitrogens is 3. The standard InChI is InChI=1S/C13H20N4O/c14-12-11(9-2-3-9)17(16-15-12)10-4-7-18-13(8-10)5-1-6-13/h9-10H,1-8,14H2. The summed E-state index contributed by atoms with van der Waals surface area (Å²) in [5, 5.41) is 8.41. The third-order valence-electron chi connectivity index (χ3n) is 4.80. The van der Waals surface area contributed by atoms with E-state index in [0.717, 1.165) is 19.4 Å². The summed E-state index contributed by atoms with van der Waals surface area (Å²) in [6.07, 6.45) is 8.36. The number of hydrogen-bond acceptors (Lipinski definition) is 4. The predicted octanol–water partition coefficient (Wildman–Crippen LogP) is 2.01. The maximum absolute atomic E-state index is 5.98. The van der Waals surface area contributed by atoms with Crippen molar-refractivity contribution in [3.8, 4) is 0 Å². The maximum Gasteiger partial charge on any atom is 0.169 e. The van der Waals surface area contributed by atoms with Gasteiger partial charge in [0.05, 0.1) is 17.3 Å². The Morgan fingerprint density at radius 3 is 2.78 bits per heavy atom. The van der Waals surface area contributed by atoms with Gasteiger partial charge < -0.3 is 10.5 Å². The van der Waals surface area contributed by atoms with Crippen LogP contribution in [-0.4, -0.2) is 27.2 Å². The van der Waals surface area contributed by atoms with Crippen LogP contribution in [0.2, 0.25) is 0 Å². The molecule has 3 aliphatic rings. The van der Waals surface area contributed by atoms with Crippen LogP contribution in [-0.2, 0) is 4.74 Å². The summed E-state index contributed by atoms with van der Waals surface area (Å²) in [6, 6.07) is 0.444. The van der Waals surface area contributed by atoms with Gasteiger partial charge in [-0.25, -0.2) is 4.68 Å². The zero-order valence-corrected chi connectivity index (χ0v) is 10.6. The molecule has 2 saturated carbocycles. The summed E-state index contributed by atoms with van der Waals surface area (Å²) in [6.45, 7) is 0.856. The smallest absolute Gasteiger partial charge is 0.169 e. The van der Waals surface area contributed by atoms with Gasteiger partial charge in [0.1, 0.15) is 0 Å². The largest absolute Gasteiger partial charge is 0.381 e. The van der Waals surface area contributed by atoms with Crippen molar-refractivity contribution in [3.05, 3.63) is 5.69 Å². The number of ether oxygens (including phenoxy) is 1. The zero-order valence-electron chi connectivity index (χ0n) is 10.6. The van der Waals surface area contributed by atoms with E-state index in [4.69, 9.17) is 10.5 Å². The summed E-state index contributed by atoms with van der Waals surface area (Å²) in [7, 11) is 0. The summed E-state index contributed by atoms with van der Waals surface area (Å²) in [5.74, 6) is 1.26. The molecular formula is C13H20N4O. The molecule has 5 heteroatoms. The Morgan fingerprint density at radius 1 is 1.28 bits per heavy atom. The summed E-state index contributed by atoms with van der Waals surface area (Å²) in [4.78, 5) is 0. The lowest BCUT2D eigenvalue weighted by Crippen LogP contribution is -2.46. The monoisotopic (exact) mass is 248 g/mol. The Morgan fingerprint density at radius 2 is 2.11 bits per heavy atom. The molecule has 2 aliphatic carbocycles. The van der Waals surface area contributed by atoms with Crippen molar-refractivity contribution >= 4 is 5.82 Å². The van der Waals surface area contributed by atoms with Gasteiger partial charge >= 0.3 is 0 Å². The fraction of sp³-hybridized carbons (Fsp3) is 0.846. The van der Waals surface area contributed by atoms with Gasteiger partial charge in [-0.05, 0) is 44.9 Å². The second kappa shape index (κ2) is 3.70. The van der Waals surface area contributed by atoms with Gasteiger partial charge in [0.25, 0.3) is 0 Å². The molecule has 0 bridgehead atoms. The molecule has 5 nitrogen and oxygen atoms in total. The van der Waals surface area contributed by atoms with E-state index in [0.29, 0.717) is 17.8 Å². The second-order valence-corrected chi connectivity index (χ2v) is 6.11. The van der Waals surface area contributed by atoms with Crippen LogP contribution in [0.5, 0.6) is 0 Å². The highest BCUT2D eigenvalue weighted by atomic mass is 16.5. The molecule has 1 aliphatic heterocycles. The Bertz CT molecular complexity index is 462. The average Bonchev–Trinajstić information content (AvgIpc) is 3.11. The number of anilines is 1. The lowest BCUT2D eigenvalue weighted by atomic mass is 9.74. The molecule has 1 aromatic rings. The zero-order chi connectivity index (χ0) is 12.2. The fourth-order valence-electron chi connectivity index (χ4n) is 3.47. The molecule has 1 aromatic heterocycles. The molecular weight excluding hydrogens is 228 g/mol. The normalized spacial score (nSPS) is 30.3. The van der Waals surface area contributed by atoms with Crippen LogP contribution in [0.3, 0.4) is 0 Å². The number of nitrogens with two attached hydrogens (primary N) is 1. The molecule has 0 aromatic carbocycles. The Hall–Kier alpha value is -1.10. The highest BCUT2D eigenvalue weighted by Crippen LogP contribution is 2.48. The van der Waals surface area contributed by atoms with Gasteiger partial charge in [-0.3, -0.25) is 0 Å². The molecule has 0 radical (unpaired) electrons. The van der Waals surface area contributed by atoms with E-state index in [1.54, 1.807) is 0 Å². The van der Waals surface area contributed by atoms with Crippen molar-refractivity contribution in [2.24, 2.45) is 0 Å². The van der Waals surface area contributed by atoms with E-state index >= 15 is 0 Å². The Balaban J connectivity index is 1.62. The molecule has 2 N–H and O–H groups in total. The van der Waals surface area contributed by atoms with Crippen LogP contribution < -0.4 is 5.73 Å². The van der Waals surface area contributed by atoms with Gasteiger partial charge in [-0.2, -0.15) is 0 Å². The van der Waals surface area contributed by atoms with Crippen molar-refractivity contribution in [1.82, 2.24) is 15.0 Å². The van der Waals surface area contributed by atoms with Gasteiger partial charge in [-0.15, -0.1) is 5.10 Å². The van der Waals surface area contributed by atoms with Crippen LogP contribution in [0.1, 0.15) is 62.6 Å². The molecule has 1 unspecified atom stereocenters. The van der Waals surface area contributed by atoms with Gasteiger partial charge in [-0.1, -0.05) is 5.21 Å². The number of nitrogens with zero attached hydrogens (tertiary/aromatic N) is 3. The van der Waals surface area contributed by atoms with Crippen LogP contribution in [0.25, 0.3) is 0 Å². The third kappa shape index (κ3) is 1.56. The highest BCUT2D eigenvalue weighted by Gasteiger charge is 2.44. The van der Waals surface area contributed by atoms with Crippen molar-refractivity contribution in [1.29, 1.82) is 0 Å². The van der Waals surface area contributed by atoms with E-state index < -0.39 is 0 Å². The molecule has 0 amide bonds. The van der Waals surface area contributed by atoms with E-state index in [1.165, 1.54) is 37.8 Å². The highest BCUT2D eigenvalue weighted by molar-refractivity contribution is 5.38. The summed E-state index contributed by atoms with van der Waals surface area (Å²) < 4.78 is 8.10. The quantitative estimate of drug-likeness (QED) is 0.869. The molecule has 4 rings (SSSR count). The summed E-state index contributed by atoms with van der Waals surface area (Å²) in [5.41, 5.74) is 7.33. The van der Waals surface area contributed by atoms with Crippen molar-refractivity contribution in [3.63, 3.8) is 0 Å². The van der Waals surface area contributed by atoms with E-state index in [-0.39, 0.29) is 5.60 Å². The van der Waals surface area contributed by atoms with Gasteiger partial charge in [0.15, 0.2) is 5.82 Å². The average molecular weight is 248 g/mol. The van der Waals surface area contributed by atoms with Crippen LogP contribution in [0.4, 0.5) is 5.82 Å². The number of hydrogen-bond donors (Lipinski definition) is 1. The van der Waals surface area contributed by atoms with Gasteiger partial charge in [0, 0.05) is 12.5 Å². The first kappa shape index (κ1) is 10.8. The minimum absolute atomic E-state index is 0.157. The topological polar surface area (TPSA) is 66.0 Å². The fourth-order valence-corrected chi connectivity index (χ4v) is 3.47. The maximum atomic E-state index is 5.98. The molecule has 1 atom stereocenters. The molecule has 2 heterocycles. The molecule has 3 fully saturated rings. The second-order valence-electron chi connectivity index (χ2n) is 6.11. The Kier molecular flexibility index (Phi) is 2.22. The lowest BCUT2D eigenvalue weighted by Gasteiger charge is -2.47. The third-order valence-corrected chi connectivity index (χ3v) is 4.80. The predicted molar refractivity (Wildman–Crippen MR) is 67.2 cm³/mol. The lowest BCUT2D eigenvalue weighted by molar-refractivity contribution is -0.142. The van der Waals surface area contributed by atoms with E-state index in [9.17, 15) is 0 Å². The molecule has 98 valence electrons.